The Morgan fingerprint density at radius 3 is 2.66 bits per heavy atom. The van der Waals surface area contributed by atoms with Crippen LogP contribution in [0.1, 0.15) is 11.1 Å². The highest BCUT2D eigenvalue weighted by Gasteiger charge is 2.33. The van der Waals surface area contributed by atoms with Gasteiger partial charge >= 0.3 is 5.97 Å². The first-order valence-corrected chi connectivity index (χ1v) is 10.3. The predicted molar refractivity (Wildman–Crippen MR) is 120 cm³/mol. The predicted octanol–water partition coefficient (Wildman–Crippen LogP) is 4.63. The third-order valence-corrected chi connectivity index (χ3v) is 6.32. The van der Waals surface area contributed by atoms with Gasteiger partial charge in [-0.1, -0.05) is 72.0 Å². The van der Waals surface area contributed by atoms with Crippen LogP contribution in [0.25, 0.3) is 17.0 Å². The number of rotatable bonds is 5. The van der Waals surface area contributed by atoms with Crippen LogP contribution in [0, 0.1) is 0 Å². The molecule has 0 radical (unpaired) electrons. The number of halogens is 1. The van der Waals surface area contributed by atoms with Crippen molar-refractivity contribution >= 4 is 68.8 Å². The topological polar surface area (TPSA) is 62.5 Å². The van der Waals surface area contributed by atoms with E-state index in [2.05, 4.69) is 4.57 Å². The summed E-state index contributed by atoms with van der Waals surface area (Å²) < 4.78 is 2.34. The molecule has 1 saturated heterocycles. The Bertz CT molecular complexity index is 1190. The number of carbonyl (C=O) groups excluding carboxylic acids is 1. The maximum Gasteiger partial charge on any atom is 0.323 e. The summed E-state index contributed by atoms with van der Waals surface area (Å²) in [6.45, 7) is 0.157. The first-order valence-electron chi connectivity index (χ1n) is 8.72. The number of thiocarbonyl (C=S) groups is 1. The van der Waals surface area contributed by atoms with Crippen LogP contribution < -0.4 is 0 Å². The van der Waals surface area contributed by atoms with Crippen LogP contribution in [0.2, 0.25) is 5.02 Å². The molecule has 4 rings (SSSR count). The van der Waals surface area contributed by atoms with E-state index in [9.17, 15) is 9.59 Å². The molecular formula is C21H15ClN2O3S2. The number of para-hydroxylation sites is 1. The number of nitrogens with zero attached hydrogens (tertiary/aromatic N) is 2. The molecule has 146 valence electrons. The lowest BCUT2D eigenvalue weighted by Gasteiger charge is -2.10. The van der Waals surface area contributed by atoms with Crippen molar-refractivity contribution in [3.63, 3.8) is 0 Å². The maximum absolute atomic E-state index is 12.6. The van der Waals surface area contributed by atoms with Gasteiger partial charge in [-0.05, 0) is 23.8 Å². The van der Waals surface area contributed by atoms with Gasteiger partial charge in [0.2, 0.25) is 0 Å². The number of carboxylic acids is 1. The van der Waals surface area contributed by atoms with Gasteiger partial charge < -0.3 is 9.67 Å². The van der Waals surface area contributed by atoms with E-state index < -0.39 is 12.5 Å². The van der Waals surface area contributed by atoms with E-state index in [0.29, 0.717) is 16.5 Å². The third-order valence-electron chi connectivity index (χ3n) is 4.57. The van der Waals surface area contributed by atoms with Crippen molar-refractivity contribution in [2.45, 2.75) is 6.54 Å². The second kappa shape index (κ2) is 8.02. The van der Waals surface area contributed by atoms with Gasteiger partial charge in [-0.3, -0.25) is 14.5 Å². The van der Waals surface area contributed by atoms with E-state index in [1.807, 2.05) is 54.7 Å². The van der Waals surface area contributed by atoms with Crippen molar-refractivity contribution in [1.82, 2.24) is 9.47 Å². The van der Waals surface area contributed by atoms with E-state index in [-0.39, 0.29) is 10.2 Å². The highest BCUT2D eigenvalue weighted by atomic mass is 35.5. The smallest absolute Gasteiger partial charge is 0.323 e. The number of hydrogen-bond acceptors (Lipinski definition) is 4. The lowest BCUT2D eigenvalue weighted by atomic mass is 10.1. The Morgan fingerprint density at radius 1 is 1.17 bits per heavy atom. The monoisotopic (exact) mass is 442 g/mol. The van der Waals surface area contributed by atoms with Crippen molar-refractivity contribution in [2.75, 3.05) is 6.54 Å². The Balaban J connectivity index is 1.73. The highest BCUT2D eigenvalue weighted by Crippen LogP contribution is 2.34. The van der Waals surface area contributed by atoms with Crippen molar-refractivity contribution in [3.8, 4) is 0 Å². The van der Waals surface area contributed by atoms with Crippen molar-refractivity contribution in [2.24, 2.45) is 0 Å². The zero-order valence-corrected chi connectivity index (χ0v) is 17.4. The van der Waals surface area contributed by atoms with Crippen molar-refractivity contribution in [1.29, 1.82) is 0 Å². The minimum atomic E-state index is -1.10. The average molecular weight is 443 g/mol. The van der Waals surface area contributed by atoms with Crippen LogP contribution in [0.5, 0.6) is 0 Å². The van der Waals surface area contributed by atoms with Crippen LogP contribution in [0.3, 0.4) is 0 Å². The Labute approximate surface area is 181 Å². The summed E-state index contributed by atoms with van der Waals surface area (Å²) >= 11 is 12.6. The molecule has 0 bridgehead atoms. The number of carboxylic acid groups (broad SMARTS) is 1. The number of carbonyl (C=O) groups is 2. The highest BCUT2D eigenvalue weighted by molar-refractivity contribution is 8.26. The summed E-state index contributed by atoms with van der Waals surface area (Å²) in [5.74, 6) is -1.48. The standard InChI is InChI=1S/C21H15ClN2O3S2/c22-16-7-3-1-5-13(16)10-23-11-14(15-6-2-4-8-17(15)23)9-18-20(27)24(12-19(25)26)21(28)29-18/h1-9,11H,10,12H2,(H,25,26)/b18-9-. The Morgan fingerprint density at radius 2 is 1.90 bits per heavy atom. The third kappa shape index (κ3) is 3.94. The van der Waals surface area contributed by atoms with Gasteiger partial charge in [-0.2, -0.15) is 0 Å². The fourth-order valence-electron chi connectivity index (χ4n) is 3.24. The minimum Gasteiger partial charge on any atom is -0.480 e. The molecule has 0 unspecified atom stereocenters. The number of fused-ring (bicyclic) bond motifs is 1. The van der Waals surface area contributed by atoms with E-state index in [0.717, 1.165) is 38.7 Å². The van der Waals surface area contributed by atoms with Crippen LogP contribution >= 0.6 is 35.6 Å². The summed E-state index contributed by atoms with van der Waals surface area (Å²) in [6, 6.07) is 15.6. The van der Waals surface area contributed by atoms with E-state index in [1.165, 1.54) is 0 Å². The summed E-state index contributed by atoms with van der Waals surface area (Å²) in [4.78, 5) is 25.1. The molecule has 0 aliphatic carbocycles. The molecule has 1 amide bonds. The van der Waals surface area contributed by atoms with Gasteiger partial charge in [0.1, 0.15) is 10.9 Å². The minimum absolute atomic E-state index is 0.253. The van der Waals surface area contributed by atoms with Crippen LogP contribution in [0.4, 0.5) is 0 Å². The molecule has 2 aromatic carbocycles. The van der Waals surface area contributed by atoms with Gasteiger partial charge in [0.15, 0.2) is 0 Å². The van der Waals surface area contributed by atoms with E-state index >= 15 is 0 Å². The maximum atomic E-state index is 12.6. The number of aliphatic carboxylic acids is 1. The van der Waals surface area contributed by atoms with Crippen molar-refractivity contribution in [3.05, 3.63) is 75.8 Å². The summed E-state index contributed by atoms with van der Waals surface area (Å²) in [7, 11) is 0. The lowest BCUT2D eigenvalue weighted by molar-refractivity contribution is -0.140. The van der Waals surface area contributed by atoms with Gasteiger partial charge in [0.05, 0.1) is 4.91 Å². The molecule has 29 heavy (non-hydrogen) atoms. The zero-order chi connectivity index (χ0) is 20.5. The van der Waals surface area contributed by atoms with E-state index in [1.54, 1.807) is 6.08 Å². The number of aromatic nitrogens is 1. The fourth-order valence-corrected chi connectivity index (χ4v) is 4.69. The van der Waals surface area contributed by atoms with Crippen molar-refractivity contribution < 1.29 is 14.7 Å². The molecule has 0 atom stereocenters. The van der Waals surface area contributed by atoms with Gasteiger partial charge in [-0.25, -0.2) is 0 Å². The zero-order valence-electron chi connectivity index (χ0n) is 15.0. The molecule has 1 aliphatic heterocycles. The van der Waals surface area contributed by atoms with Gasteiger partial charge in [0, 0.05) is 34.2 Å². The van der Waals surface area contributed by atoms with E-state index in [4.69, 9.17) is 28.9 Å². The summed E-state index contributed by atoms with van der Waals surface area (Å²) in [5.41, 5.74) is 2.87. The molecular weight excluding hydrogens is 428 g/mol. The van der Waals surface area contributed by atoms with Gasteiger partial charge in [-0.15, -0.1) is 0 Å². The molecule has 1 fully saturated rings. The molecule has 1 aromatic heterocycles. The molecule has 3 aromatic rings. The lowest BCUT2D eigenvalue weighted by Crippen LogP contribution is -2.33. The normalized spacial score (nSPS) is 15.6. The van der Waals surface area contributed by atoms with Crippen LogP contribution in [-0.4, -0.2) is 37.3 Å². The summed E-state index contributed by atoms with van der Waals surface area (Å²) in [6.07, 6.45) is 3.74. The average Bonchev–Trinajstić information content (AvgIpc) is 3.16. The van der Waals surface area contributed by atoms with Crippen LogP contribution in [0.15, 0.2) is 59.6 Å². The fraction of sp³-hybridized carbons (Fsp3) is 0.0952. The second-order valence-corrected chi connectivity index (χ2v) is 8.57. The van der Waals surface area contributed by atoms with Gasteiger partial charge in [0.25, 0.3) is 5.91 Å². The first-order chi connectivity index (χ1) is 13.9. The number of amides is 1. The molecule has 1 N–H and O–H groups in total. The Kier molecular flexibility index (Phi) is 5.45. The van der Waals surface area contributed by atoms with Crippen LogP contribution in [-0.2, 0) is 16.1 Å². The quantitative estimate of drug-likeness (QED) is 0.461. The largest absolute Gasteiger partial charge is 0.480 e. The SMILES string of the molecule is O=C(O)CN1C(=O)/C(=C/c2cn(Cc3ccccc3Cl)c3ccccc23)SC1=S. The molecule has 5 nitrogen and oxygen atoms in total. The number of benzene rings is 2. The molecule has 0 spiro atoms. The Hall–Kier alpha value is -2.61. The molecule has 0 saturated carbocycles. The first kappa shape index (κ1) is 19.7. The number of thioether (sulfide) groups is 1. The molecule has 2 heterocycles. The molecule has 8 heteroatoms. The summed E-state index contributed by atoms with van der Waals surface area (Å²) in [5, 5.41) is 10.7. The number of hydrogen-bond donors (Lipinski definition) is 1. The second-order valence-electron chi connectivity index (χ2n) is 6.48. The molecule has 1 aliphatic rings.